The van der Waals surface area contributed by atoms with Crippen LogP contribution < -0.4 is 5.32 Å². The van der Waals surface area contributed by atoms with Crippen molar-refractivity contribution in [3.05, 3.63) is 23.8 Å². The van der Waals surface area contributed by atoms with Crippen molar-refractivity contribution in [3.63, 3.8) is 0 Å². The molecule has 0 unspecified atom stereocenters. The van der Waals surface area contributed by atoms with E-state index in [1.54, 1.807) is 12.2 Å². The van der Waals surface area contributed by atoms with E-state index in [0.29, 0.717) is 12.0 Å². The van der Waals surface area contributed by atoms with Gasteiger partial charge < -0.3 is 10.4 Å². The number of amides is 1. The maximum absolute atomic E-state index is 12.0. The number of hydrogen-bond donors (Lipinski definition) is 2. The van der Waals surface area contributed by atoms with Gasteiger partial charge in [0.2, 0.25) is 5.91 Å². The quantitative estimate of drug-likeness (QED) is 0.771. The topological polar surface area (TPSA) is 49.3 Å². The predicted octanol–water partition coefficient (Wildman–Crippen LogP) is 1.30. The fraction of sp³-hybridized carbons (Fsp3) is 0.500. The molecule has 1 rings (SSSR count). The van der Waals surface area contributed by atoms with E-state index in [0.717, 1.165) is 0 Å². The Balaban J connectivity index is 2.47. The Labute approximate surface area is 90.6 Å². The molecule has 6 heteroatoms. The monoisotopic (exact) mass is 235 g/mol. The Kier molecular flexibility index (Phi) is 4.12. The van der Waals surface area contributed by atoms with Crippen LogP contribution in [-0.2, 0) is 4.79 Å². The first kappa shape index (κ1) is 12.8. The molecule has 0 saturated carbocycles. The fourth-order valence-corrected chi connectivity index (χ4v) is 1.33. The largest absolute Gasteiger partial charge is 0.394 e. The number of halogens is 3. The van der Waals surface area contributed by atoms with E-state index in [-0.39, 0.29) is 0 Å². The van der Waals surface area contributed by atoms with Crippen molar-refractivity contribution in [1.82, 2.24) is 5.32 Å². The van der Waals surface area contributed by atoms with E-state index in [2.05, 4.69) is 5.32 Å². The molecular formula is C10H12F3NO2. The fourth-order valence-electron chi connectivity index (χ4n) is 1.33. The molecule has 2 N–H and O–H groups in total. The first-order valence-corrected chi connectivity index (χ1v) is 4.76. The van der Waals surface area contributed by atoms with Crippen LogP contribution in [0.15, 0.2) is 23.8 Å². The molecular weight excluding hydrogens is 223 g/mol. The third-order valence-electron chi connectivity index (χ3n) is 2.10. The molecule has 3 nitrogen and oxygen atoms in total. The Morgan fingerprint density at radius 1 is 1.56 bits per heavy atom. The molecule has 16 heavy (non-hydrogen) atoms. The molecule has 0 aromatic carbocycles. The molecule has 0 bridgehead atoms. The van der Waals surface area contributed by atoms with Crippen LogP contribution in [0.1, 0.15) is 12.8 Å². The number of carbonyl (C=O) groups is 1. The van der Waals surface area contributed by atoms with E-state index in [9.17, 15) is 18.0 Å². The maximum Gasteiger partial charge on any atom is 0.391 e. The first-order valence-electron chi connectivity index (χ1n) is 4.76. The van der Waals surface area contributed by atoms with Gasteiger partial charge in [0.05, 0.1) is 19.1 Å². The van der Waals surface area contributed by atoms with Crippen molar-refractivity contribution in [3.8, 4) is 0 Å². The first-order chi connectivity index (χ1) is 7.42. The highest BCUT2D eigenvalue weighted by Crippen LogP contribution is 2.21. The lowest BCUT2D eigenvalue weighted by Crippen LogP contribution is -2.41. The van der Waals surface area contributed by atoms with Crippen molar-refractivity contribution in [2.45, 2.75) is 25.1 Å². The van der Waals surface area contributed by atoms with E-state index in [1.165, 1.54) is 6.08 Å². The third kappa shape index (κ3) is 4.06. The second-order valence-corrected chi connectivity index (χ2v) is 3.50. The number of carbonyl (C=O) groups excluding carboxylic acids is 1. The van der Waals surface area contributed by atoms with E-state index in [1.807, 2.05) is 0 Å². The zero-order valence-corrected chi connectivity index (χ0v) is 8.42. The Hall–Kier alpha value is -1.30. The van der Waals surface area contributed by atoms with Crippen molar-refractivity contribution in [2.75, 3.05) is 6.61 Å². The minimum absolute atomic E-state index is 0.403. The van der Waals surface area contributed by atoms with Crippen LogP contribution in [0.4, 0.5) is 13.2 Å². The highest BCUT2D eigenvalue weighted by molar-refractivity contribution is 5.94. The summed E-state index contributed by atoms with van der Waals surface area (Å²) in [6.45, 7) is -0.730. The van der Waals surface area contributed by atoms with Crippen LogP contribution >= 0.6 is 0 Å². The summed E-state index contributed by atoms with van der Waals surface area (Å²) in [6, 6.07) is -1.28. The van der Waals surface area contributed by atoms with E-state index >= 15 is 0 Å². The number of hydrogen-bond acceptors (Lipinski definition) is 2. The Morgan fingerprint density at radius 3 is 2.69 bits per heavy atom. The minimum Gasteiger partial charge on any atom is -0.394 e. The SMILES string of the molecule is O=C(N[C@@H](CO)CC(F)(F)F)C1=CC=CC1. The second kappa shape index (κ2) is 5.16. The number of aliphatic hydroxyl groups is 1. The van der Waals surface area contributed by atoms with E-state index < -0.39 is 31.2 Å². The van der Waals surface area contributed by atoms with Gasteiger partial charge in [-0.25, -0.2) is 0 Å². The van der Waals surface area contributed by atoms with Crippen LogP contribution in [-0.4, -0.2) is 29.8 Å². The molecule has 1 aliphatic rings. The molecule has 0 aromatic heterocycles. The lowest BCUT2D eigenvalue weighted by Gasteiger charge is -2.18. The lowest BCUT2D eigenvalue weighted by atomic mass is 10.1. The van der Waals surface area contributed by atoms with Crippen molar-refractivity contribution in [1.29, 1.82) is 0 Å². The highest BCUT2D eigenvalue weighted by atomic mass is 19.4. The summed E-state index contributed by atoms with van der Waals surface area (Å²) < 4.78 is 36.1. The van der Waals surface area contributed by atoms with Gasteiger partial charge in [0.1, 0.15) is 0 Å². The number of allylic oxidation sites excluding steroid dienone is 3. The zero-order chi connectivity index (χ0) is 12.2. The Bertz CT molecular complexity index is 321. The average Bonchev–Trinajstić information content (AvgIpc) is 2.67. The molecule has 0 saturated heterocycles. The smallest absolute Gasteiger partial charge is 0.391 e. The number of nitrogens with one attached hydrogen (secondary N) is 1. The van der Waals surface area contributed by atoms with E-state index in [4.69, 9.17) is 5.11 Å². The van der Waals surface area contributed by atoms with Crippen LogP contribution in [0.25, 0.3) is 0 Å². The van der Waals surface area contributed by atoms with Crippen LogP contribution in [0.3, 0.4) is 0 Å². The van der Waals surface area contributed by atoms with Gasteiger partial charge in [0.15, 0.2) is 0 Å². The molecule has 0 heterocycles. The maximum atomic E-state index is 12.0. The number of aliphatic hydroxyl groups excluding tert-OH is 1. The van der Waals surface area contributed by atoms with Crippen molar-refractivity contribution in [2.24, 2.45) is 0 Å². The molecule has 0 radical (unpaired) electrons. The summed E-state index contributed by atoms with van der Waals surface area (Å²) in [5, 5.41) is 10.9. The molecule has 1 amide bonds. The lowest BCUT2D eigenvalue weighted by molar-refractivity contribution is -0.144. The summed E-state index contributed by atoms with van der Waals surface area (Å²) in [5.74, 6) is -0.562. The average molecular weight is 235 g/mol. The third-order valence-corrected chi connectivity index (χ3v) is 2.10. The molecule has 0 fully saturated rings. The summed E-state index contributed by atoms with van der Waals surface area (Å²) in [6.07, 6.45) is -0.286. The predicted molar refractivity (Wildman–Crippen MR) is 51.5 cm³/mol. The van der Waals surface area contributed by atoms with Gasteiger partial charge in [0, 0.05) is 5.57 Å². The summed E-state index contributed by atoms with van der Waals surface area (Å²) in [4.78, 5) is 11.4. The molecule has 1 aliphatic carbocycles. The standard InChI is InChI=1S/C10H12F3NO2/c11-10(12,13)5-8(6-15)14-9(16)7-3-1-2-4-7/h1-3,8,15H,4-6H2,(H,14,16)/t8-/m1/s1. The Morgan fingerprint density at radius 2 is 2.25 bits per heavy atom. The summed E-state index contributed by atoms with van der Waals surface area (Å²) >= 11 is 0. The second-order valence-electron chi connectivity index (χ2n) is 3.50. The zero-order valence-electron chi connectivity index (χ0n) is 8.42. The molecule has 0 aromatic rings. The van der Waals surface area contributed by atoms with Gasteiger partial charge in [-0.05, 0) is 6.42 Å². The van der Waals surface area contributed by atoms with Gasteiger partial charge in [-0.15, -0.1) is 0 Å². The summed E-state index contributed by atoms with van der Waals surface area (Å²) in [7, 11) is 0. The minimum atomic E-state index is -4.40. The van der Waals surface area contributed by atoms with Gasteiger partial charge in [-0.1, -0.05) is 18.2 Å². The van der Waals surface area contributed by atoms with Gasteiger partial charge in [-0.2, -0.15) is 13.2 Å². The van der Waals surface area contributed by atoms with Gasteiger partial charge in [-0.3, -0.25) is 4.79 Å². The van der Waals surface area contributed by atoms with Crippen LogP contribution in [0.5, 0.6) is 0 Å². The molecule has 0 spiro atoms. The van der Waals surface area contributed by atoms with Crippen molar-refractivity contribution < 1.29 is 23.1 Å². The normalized spacial score (nSPS) is 17.1. The highest BCUT2D eigenvalue weighted by Gasteiger charge is 2.32. The van der Waals surface area contributed by atoms with Crippen LogP contribution in [0, 0.1) is 0 Å². The number of alkyl halides is 3. The number of rotatable bonds is 4. The summed E-state index contributed by atoms with van der Waals surface area (Å²) in [5.41, 5.74) is 0.403. The molecule has 1 atom stereocenters. The molecule has 0 aliphatic heterocycles. The van der Waals surface area contributed by atoms with Gasteiger partial charge in [0.25, 0.3) is 0 Å². The van der Waals surface area contributed by atoms with Crippen LogP contribution in [0.2, 0.25) is 0 Å². The molecule has 90 valence electrons. The van der Waals surface area contributed by atoms with Crippen molar-refractivity contribution >= 4 is 5.91 Å². The van der Waals surface area contributed by atoms with Gasteiger partial charge >= 0.3 is 6.18 Å².